The summed E-state index contributed by atoms with van der Waals surface area (Å²) in [5.74, 6) is 0. The van der Waals surface area contributed by atoms with E-state index in [2.05, 4.69) is 89.8 Å². The number of benzene rings is 2. The monoisotopic (exact) mass is 272 g/mol. The summed E-state index contributed by atoms with van der Waals surface area (Å²) in [6.45, 7) is 0.906. The van der Waals surface area contributed by atoms with Gasteiger partial charge in [0.05, 0.1) is 0 Å². The highest BCUT2D eigenvalue weighted by Crippen LogP contribution is 2.06. The summed E-state index contributed by atoms with van der Waals surface area (Å²) in [4.78, 5) is 0. The Balaban J connectivity index is 1.68. The second kappa shape index (κ2) is 6.67. The summed E-state index contributed by atoms with van der Waals surface area (Å²) in [6.07, 6.45) is 8.52. The highest BCUT2D eigenvalue weighted by molar-refractivity contribution is 5.69. The van der Waals surface area contributed by atoms with Gasteiger partial charge in [-0.05, 0) is 11.1 Å². The van der Waals surface area contributed by atoms with Crippen LogP contribution in [0.5, 0.6) is 0 Å². The first-order valence-electron chi connectivity index (χ1n) is 7.16. The molecule has 0 fully saturated rings. The first kappa shape index (κ1) is 13.3. The molecule has 0 saturated heterocycles. The van der Waals surface area contributed by atoms with Crippen LogP contribution in [-0.2, 0) is 6.54 Å². The number of hydrogen-bond acceptors (Lipinski definition) is 0. The Bertz CT molecular complexity index is 698. The van der Waals surface area contributed by atoms with Crippen molar-refractivity contribution in [3.8, 4) is 0 Å². The molecule has 21 heavy (non-hydrogen) atoms. The van der Waals surface area contributed by atoms with Crippen molar-refractivity contribution in [1.82, 2.24) is 0 Å². The SMILES string of the molecule is C(=C\c1cc[n+](Cc2ccccc2)cc1)/c1ccccc1. The third-order valence-corrected chi connectivity index (χ3v) is 3.39. The van der Waals surface area contributed by atoms with Gasteiger partial charge in [-0.25, -0.2) is 4.57 Å². The van der Waals surface area contributed by atoms with Crippen molar-refractivity contribution in [3.05, 3.63) is 102 Å². The lowest BCUT2D eigenvalue weighted by molar-refractivity contribution is -0.688. The summed E-state index contributed by atoms with van der Waals surface area (Å²) in [7, 11) is 0. The zero-order valence-electron chi connectivity index (χ0n) is 11.9. The van der Waals surface area contributed by atoms with Crippen LogP contribution in [0.3, 0.4) is 0 Å². The molecular formula is C20H18N+. The maximum Gasteiger partial charge on any atom is 0.173 e. The van der Waals surface area contributed by atoms with E-state index in [1.807, 2.05) is 12.1 Å². The summed E-state index contributed by atoms with van der Waals surface area (Å²) in [5, 5.41) is 0. The second-order valence-corrected chi connectivity index (χ2v) is 5.03. The predicted molar refractivity (Wildman–Crippen MR) is 87.6 cm³/mol. The van der Waals surface area contributed by atoms with Crippen molar-refractivity contribution in [2.75, 3.05) is 0 Å². The molecule has 3 aromatic rings. The van der Waals surface area contributed by atoms with E-state index in [0.29, 0.717) is 0 Å². The largest absolute Gasteiger partial charge is 0.201 e. The van der Waals surface area contributed by atoms with Crippen LogP contribution in [-0.4, -0.2) is 0 Å². The highest BCUT2D eigenvalue weighted by atomic mass is 14.9. The molecule has 0 atom stereocenters. The summed E-state index contributed by atoms with van der Waals surface area (Å²) < 4.78 is 2.19. The lowest BCUT2D eigenvalue weighted by atomic mass is 10.1. The molecule has 0 amide bonds. The van der Waals surface area contributed by atoms with Gasteiger partial charge in [0.25, 0.3) is 0 Å². The molecule has 0 aliphatic rings. The first-order chi connectivity index (χ1) is 10.4. The Hall–Kier alpha value is -2.67. The Kier molecular flexibility index (Phi) is 4.23. The molecule has 102 valence electrons. The van der Waals surface area contributed by atoms with Gasteiger partial charge in [-0.15, -0.1) is 0 Å². The lowest BCUT2D eigenvalue weighted by Gasteiger charge is -1.98. The van der Waals surface area contributed by atoms with Crippen molar-refractivity contribution < 1.29 is 4.57 Å². The molecule has 1 heteroatoms. The summed E-state index contributed by atoms with van der Waals surface area (Å²) >= 11 is 0. The van der Waals surface area contributed by atoms with Crippen LogP contribution >= 0.6 is 0 Å². The van der Waals surface area contributed by atoms with Gasteiger partial charge >= 0.3 is 0 Å². The quantitative estimate of drug-likeness (QED) is 0.627. The van der Waals surface area contributed by atoms with Crippen molar-refractivity contribution in [3.63, 3.8) is 0 Å². The molecule has 2 aromatic carbocycles. The van der Waals surface area contributed by atoms with Gasteiger partial charge in [-0.2, -0.15) is 0 Å². The maximum atomic E-state index is 2.19. The number of aromatic nitrogens is 1. The van der Waals surface area contributed by atoms with Crippen molar-refractivity contribution >= 4 is 12.2 Å². The fourth-order valence-electron chi connectivity index (χ4n) is 2.24. The van der Waals surface area contributed by atoms with Gasteiger partial charge in [-0.1, -0.05) is 72.8 Å². The fourth-order valence-corrected chi connectivity index (χ4v) is 2.24. The molecule has 1 nitrogen and oxygen atoms in total. The van der Waals surface area contributed by atoms with Crippen molar-refractivity contribution in [2.24, 2.45) is 0 Å². The average Bonchev–Trinajstić information content (AvgIpc) is 2.56. The van der Waals surface area contributed by atoms with E-state index in [1.165, 1.54) is 16.7 Å². The predicted octanol–water partition coefficient (Wildman–Crippen LogP) is 4.19. The van der Waals surface area contributed by atoms with Crippen molar-refractivity contribution in [1.29, 1.82) is 0 Å². The van der Waals surface area contributed by atoms with Gasteiger partial charge in [0, 0.05) is 17.7 Å². The maximum absolute atomic E-state index is 2.19. The smallest absolute Gasteiger partial charge is 0.173 e. The molecule has 1 heterocycles. The first-order valence-corrected chi connectivity index (χ1v) is 7.16. The topological polar surface area (TPSA) is 3.88 Å². The number of rotatable bonds is 4. The minimum atomic E-state index is 0.906. The van der Waals surface area contributed by atoms with Crippen LogP contribution in [0, 0.1) is 0 Å². The Morgan fingerprint density at radius 3 is 1.76 bits per heavy atom. The van der Waals surface area contributed by atoms with E-state index in [9.17, 15) is 0 Å². The average molecular weight is 272 g/mol. The third-order valence-electron chi connectivity index (χ3n) is 3.39. The molecule has 0 aliphatic heterocycles. The van der Waals surface area contributed by atoms with Gasteiger partial charge < -0.3 is 0 Å². The van der Waals surface area contributed by atoms with E-state index in [4.69, 9.17) is 0 Å². The van der Waals surface area contributed by atoms with E-state index in [1.54, 1.807) is 0 Å². The molecule has 1 aromatic heterocycles. The van der Waals surface area contributed by atoms with E-state index < -0.39 is 0 Å². The molecule has 3 rings (SSSR count). The molecule has 0 bridgehead atoms. The Labute approximate surface area is 125 Å². The van der Waals surface area contributed by atoms with Crippen molar-refractivity contribution in [2.45, 2.75) is 6.54 Å². The molecule has 0 aliphatic carbocycles. The minimum absolute atomic E-state index is 0.906. The van der Waals surface area contributed by atoms with Crippen LogP contribution in [0.15, 0.2) is 85.2 Å². The third kappa shape index (κ3) is 3.90. The van der Waals surface area contributed by atoms with E-state index in [0.717, 1.165) is 6.54 Å². The van der Waals surface area contributed by atoms with Gasteiger partial charge in [0.1, 0.15) is 0 Å². The lowest BCUT2D eigenvalue weighted by Crippen LogP contribution is -2.32. The Morgan fingerprint density at radius 1 is 0.619 bits per heavy atom. The molecule has 0 unspecified atom stereocenters. The fraction of sp³-hybridized carbons (Fsp3) is 0.0500. The summed E-state index contributed by atoms with van der Waals surface area (Å²) in [5.41, 5.74) is 3.75. The standard InChI is InChI=1S/C20H18N/c1-3-7-18(8-4-1)11-12-19-13-15-21(16-14-19)17-20-9-5-2-6-10-20/h1-16H,17H2/q+1/b12-11+. The van der Waals surface area contributed by atoms with E-state index >= 15 is 0 Å². The van der Waals surface area contributed by atoms with E-state index in [-0.39, 0.29) is 0 Å². The molecule has 0 N–H and O–H groups in total. The zero-order valence-corrected chi connectivity index (χ0v) is 11.9. The Morgan fingerprint density at radius 2 is 1.14 bits per heavy atom. The van der Waals surface area contributed by atoms with Gasteiger partial charge in [0.15, 0.2) is 18.9 Å². The van der Waals surface area contributed by atoms with Crippen LogP contribution in [0.2, 0.25) is 0 Å². The normalized spacial score (nSPS) is 10.9. The van der Waals surface area contributed by atoms with Crippen LogP contribution < -0.4 is 4.57 Å². The summed E-state index contributed by atoms with van der Waals surface area (Å²) in [6, 6.07) is 25.1. The molecular weight excluding hydrogens is 254 g/mol. The number of pyridine rings is 1. The van der Waals surface area contributed by atoms with Crippen LogP contribution in [0.4, 0.5) is 0 Å². The molecule has 0 spiro atoms. The van der Waals surface area contributed by atoms with Gasteiger partial charge in [-0.3, -0.25) is 0 Å². The second-order valence-electron chi connectivity index (χ2n) is 5.03. The minimum Gasteiger partial charge on any atom is -0.201 e. The molecule has 0 saturated carbocycles. The zero-order chi connectivity index (χ0) is 14.3. The number of hydrogen-bond donors (Lipinski definition) is 0. The van der Waals surface area contributed by atoms with Gasteiger partial charge in [0.2, 0.25) is 0 Å². The highest BCUT2D eigenvalue weighted by Gasteiger charge is 2.01. The van der Waals surface area contributed by atoms with Crippen LogP contribution in [0.25, 0.3) is 12.2 Å². The van der Waals surface area contributed by atoms with Crippen LogP contribution in [0.1, 0.15) is 16.7 Å². The number of nitrogens with zero attached hydrogens (tertiary/aromatic N) is 1. The molecule has 0 radical (unpaired) electrons.